The van der Waals surface area contributed by atoms with Crippen molar-refractivity contribution in [3.63, 3.8) is 0 Å². The summed E-state index contributed by atoms with van der Waals surface area (Å²) in [5, 5.41) is 3.62. The Labute approximate surface area is 99.9 Å². The first-order chi connectivity index (χ1) is 7.83. The Morgan fingerprint density at radius 3 is 2.50 bits per heavy atom. The van der Waals surface area contributed by atoms with Crippen LogP contribution in [0.5, 0.6) is 0 Å². The molecule has 0 atom stereocenters. The number of hydrogen-bond acceptors (Lipinski definition) is 3. The standard InChI is InChI=1S/C13H27NO2/c1-12-4-6-13(7-5-12)14-8-3-9-16-11-10-15-2/h12-14H,3-11H2,1-2H3. The zero-order valence-corrected chi connectivity index (χ0v) is 10.8. The van der Waals surface area contributed by atoms with Crippen molar-refractivity contribution in [2.45, 2.75) is 45.1 Å². The van der Waals surface area contributed by atoms with Gasteiger partial charge in [0, 0.05) is 19.8 Å². The van der Waals surface area contributed by atoms with Gasteiger partial charge in [-0.15, -0.1) is 0 Å². The minimum atomic E-state index is 0.702. The fourth-order valence-corrected chi connectivity index (χ4v) is 2.19. The highest BCUT2D eigenvalue weighted by Gasteiger charge is 2.16. The molecule has 0 aromatic heterocycles. The molecule has 0 spiro atoms. The Bertz CT molecular complexity index is 156. The summed E-state index contributed by atoms with van der Waals surface area (Å²) in [7, 11) is 1.70. The quantitative estimate of drug-likeness (QED) is 0.647. The molecule has 96 valence electrons. The minimum Gasteiger partial charge on any atom is -0.382 e. The van der Waals surface area contributed by atoms with E-state index in [-0.39, 0.29) is 0 Å². The van der Waals surface area contributed by atoms with Gasteiger partial charge in [0.05, 0.1) is 13.2 Å². The van der Waals surface area contributed by atoms with Crippen LogP contribution in [0.2, 0.25) is 0 Å². The van der Waals surface area contributed by atoms with Crippen molar-refractivity contribution in [1.29, 1.82) is 0 Å². The molecule has 1 N–H and O–H groups in total. The maximum absolute atomic E-state index is 5.42. The molecule has 0 aliphatic heterocycles. The number of hydrogen-bond donors (Lipinski definition) is 1. The van der Waals surface area contributed by atoms with E-state index < -0.39 is 0 Å². The van der Waals surface area contributed by atoms with Crippen LogP contribution >= 0.6 is 0 Å². The van der Waals surface area contributed by atoms with Crippen LogP contribution in [0.3, 0.4) is 0 Å². The number of methoxy groups -OCH3 is 1. The third-order valence-electron chi connectivity index (χ3n) is 3.35. The van der Waals surface area contributed by atoms with Gasteiger partial charge in [0.1, 0.15) is 0 Å². The van der Waals surface area contributed by atoms with Gasteiger partial charge in [-0.05, 0) is 44.6 Å². The van der Waals surface area contributed by atoms with Gasteiger partial charge < -0.3 is 14.8 Å². The molecule has 0 bridgehead atoms. The molecule has 3 nitrogen and oxygen atoms in total. The summed E-state index contributed by atoms with van der Waals surface area (Å²) < 4.78 is 10.3. The summed E-state index contributed by atoms with van der Waals surface area (Å²) in [4.78, 5) is 0. The molecule has 0 aromatic carbocycles. The molecule has 0 saturated heterocycles. The van der Waals surface area contributed by atoms with Gasteiger partial charge in [0.25, 0.3) is 0 Å². The number of rotatable bonds is 8. The summed E-state index contributed by atoms with van der Waals surface area (Å²) in [6.07, 6.45) is 6.59. The maximum Gasteiger partial charge on any atom is 0.0700 e. The highest BCUT2D eigenvalue weighted by Crippen LogP contribution is 2.23. The zero-order valence-electron chi connectivity index (χ0n) is 10.8. The lowest BCUT2D eigenvalue weighted by Gasteiger charge is -2.27. The van der Waals surface area contributed by atoms with Gasteiger partial charge in [-0.3, -0.25) is 0 Å². The molecule has 0 unspecified atom stereocenters. The van der Waals surface area contributed by atoms with Crippen LogP contribution in [0, 0.1) is 5.92 Å². The van der Waals surface area contributed by atoms with Crippen LogP contribution in [-0.2, 0) is 9.47 Å². The lowest BCUT2D eigenvalue weighted by molar-refractivity contribution is 0.0690. The first kappa shape index (κ1) is 13.9. The van der Waals surface area contributed by atoms with Crippen LogP contribution in [0.1, 0.15) is 39.0 Å². The van der Waals surface area contributed by atoms with Gasteiger partial charge in [-0.1, -0.05) is 6.92 Å². The van der Waals surface area contributed by atoms with E-state index in [1.807, 2.05) is 0 Å². The summed E-state index contributed by atoms with van der Waals surface area (Å²) in [6.45, 7) is 5.72. The first-order valence-corrected chi connectivity index (χ1v) is 6.63. The van der Waals surface area contributed by atoms with Crippen molar-refractivity contribution in [2.24, 2.45) is 5.92 Å². The zero-order chi connectivity index (χ0) is 11.6. The van der Waals surface area contributed by atoms with Crippen molar-refractivity contribution in [3.05, 3.63) is 0 Å². The molecular weight excluding hydrogens is 202 g/mol. The second kappa shape index (κ2) is 8.97. The lowest BCUT2D eigenvalue weighted by Crippen LogP contribution is -2.33. The number of nitrogens with one attached hydrogen (secondary N) is 1. The molecule has 0 amide bonds. The third-order valence-corrected chi connectivity index (χ3v) is 3.35. The second-order valence-corrected chi connectivity index (χ2v) is 4.87. The predicted molar refractivity (Wildman–Crippen MR) is 66.7 cm³/mol. The van der Waals surface area contributed by atoms with Gasteiger partial charge >= 0.3 is 0 Å². The van der Waals surface area contributed by atoms with E-state index in [4.69, 9.17) is 9.47 Å². The second-order valence-electron chi connectivity index (χ2n) is 4.87. The van der Waals surface area contributed by atoms with Crippen molar-refractivity contribution in [1.82, 2.24) is 5.32 Å². The molecule has 0 aromatic rings. The summed E-state index contributed by atoms with van der Waals surface area (Å²) in [6, 6.07) is 0.759. The highest BCUT2D eigenvalue weighted by molar-refractivity contribution is 4.74. The molecule has 1 rings (SSSR count). The molecule has 0 heterocycles. The van der Waals surface area contributed by atoms with E-state index in [1.165, 1.54) is 25.7 Å². The summed E-state index contributed by atoms with van der Waals surface area (Å²) >= 11 is 0. The SMILES string of the molecule is COCCOCCCNC1CCC(C)CC1. The Morgan fingerprint density at radius 1 is 1.06 bits per heavy atom. The molecule has 1 fully saturated rings. The first-order valence-electron chi connectivity index (χ1n) is 6.63. The van der Waals surface area contributed by atoms with Crippen molar-refractivity contribution >= 4 is 0 Å². The normalized spacial score (nSPS) is 25.9. The molecule has 16 heavy (non-hydrogen) atoms. The Balaban J connectivity index is 1.84. The van der Waals surface area contributed by atoms with Crippen LogP contribution in [-0.4, -0.2) is 39.5 Å². The third kappa shape index (κ3) is 6.46. The maximum atomic E-state index is 5.42. The Morgan fingerprint density at radius 2 is 1.81 bits per heavy atom. The molecule has 1 aliphatic carbocycles. The monoisotopic (exact) mass is 229 g/mol. The molecule has 0 radical (unpaired) electrons. The minimum absolute atomic E-state index is 0.702. The van der Waals surface area contributed by atoms with E-state index in [9.17, 15) is 0 Å². The lowest BCUT2D eigenvalue weighted by atomic mass is 9.87. The van der Waals surface area contributed by atoms with Crippen LogP contribution < -0.4 is 5.32 Å². The van der Waals surface area contributed by atoms with E-state index in [1.54, 1.807) is 7.11 Å². The van der Waals surface area contributed by atoms with Crippen molar-refractivity contribution < 1.29 is 9.47 Å². The Hall–Kier alpha value is -0.120. The van der Waals surface area contributed by atoms with E-state index >= 15 is 0 Å². The van der Waals surface area contributed by atoms with E-state index in [0.717, 1.165) is 38.1 Å². The van der Waals surface area contributed by atoms with Gasteiger partial charge in [0.15, 0.2) is 0 Å². The summed E-state index contributed by atoms with van der Waals surface area (Å²) in [5.41, 5.74) is 0. The van der Waals surface area contributed by atoms with Crippen molar-refractivity contribution in [2.75, 3.05) is 33.5 Å². The van der Waals surface area contributed by atoms with E-state index in [2.05, 4.69) is 12.2 Å². The molecule has 1 aliphatic rings. The topological polar surface area (TPSA) is 30.5 Å². The largest absolute Gasteiger partial charge is 0.382 e. The molecule has 3 heteroatoms. The smallest absolute Gasteiger partial charge is 0.0700 e. The van der Waals surface area contributed by atoms with Gasteiger partial charge in [0.2, 0.25) is 0 Å². The summed E-state index contributed by atoms with van der Waals surface area (Å²) in [5.74, 6) is 0.940. The van der Waals surface area contributed by atoms with Crippen LogP contribution in [0.15, 0.2) is 0 Å². The fourth-order valence-electron chi connectivity index (χ4n) is 2.19. The average Bonchev–Trinajstić information content (AvgIpc) is 2.30. The molecule has 1 saturated carbocycles. The number of ether oxygens (including phenoxy) is 2. The van der Waals surface area contributed by atoms with Crippen molar-refractivity contribution in [3.8, 4) is 0 Å². The van der Waals surface area contributed by atoms with Crippen LogP contribution in [0.4, 0.5) is 0 Å². The fraction of sp³-hybridized carbons (Fsp3) is 1.00. The Kier molecular flexibility index (Phi) is 7.81. The highest BCUT2D eigenvalue weighted by atomic mass is 16.5. The average molecular weight is 229 g/mol. The predicted octanol–water partition coefficient (Wildman–Crippen LogP) is 2.21. The molecular formula is C13H27NO2. The van der Waals surface area contributed by atoms with Crippen LogP contribution in [0.25, 0.3) is 0 Å². The van der Waals surface area contributed by atoms with E-state index in [0.29, 0.717) is 6.61 Å². The van der Waals surface area contributed by atoms with Gasteiger partial charge in [-0.2, -0.15) is 0 Å². The van der Waals surface area contributed by atoms with Gasteiger partial charge in [-0.25, -0.2) is 0 Å².